The summed E-state index contributed by atoms with van der Waals surface area (Å²) < 4.78 is 6.28. The second-order valence-corrected chi connectivity index (χ2v) is 5.37. The van der Waals surface area contributed by atoms with Gasteiger partial charge in [-0.3, -0.25) is 15.1 Å². The first kappa shape index (κ1) is 16.2. The number of oxazole rings is 1. The van der Waals surface area contributed by atoms with Crippen LogP contribution in [-0.4, -0.2) is 50.9 Å². The molecular weight excluding hydrogens is 330 g/mol. The van der Waals surface area contributed by atoms with Gasteiger partial charge in [0.25, 0.3) is 0 Å². The van der Waals surface area contributed by atoms with Crippen molar-refractivity contribution in [2.24, 2.45) is 0 Å². The van der Waals surface area contributed by atoms with Crippen LogP contribution >= 0.6 is 0 Å². The largest absolute Gasteiger partial charge is 0.417 e. The van der Waals surface area contributed by atoms with Gasteiger partial charge >= 0.3 is 11.8 Å². The molecule has 0 aliphatic heterocycles. The molecule has 3 rings (SSSR count). The molecule has 0 saturated heterocycles. The number of carbonyl (C=O) groups excluding carboxylic acids is 2. The minimum atomic E-state index is -0.603. The monoisotopic (exact) mass is 345 g/mol. The zero-order valence-electron chi connectivity index (χ0n) is 13.4. The van der Waals surface area contributed by atoms with Crippen LogP contribution in [0, 0.1) is 0 Å². The van der Waals surface area contributed by atoms with Gasteiger partial charge in [-0.05, 0) is 12.1 Å². The van der Waals surface area contributed by atoms with E-state index in [1.807, 2.05) is 0 Å². The molecular formula is C14H15N7O4. The highest BCUT2D eigenvalue weighted by Gasteiger charge is 2.12. The number of hydrogen-bond acceptors (Lipinski definition) is 6. The number of aromatic nitrogens is 4. The van der Waals surface area contributed by atoms with E-state index in [0.717, 1.165) is 0 Å². The molecule has 3 amide bonds. The molecule has 0 atom stereocenters. The maximum absolute atomic E-state index is 12.1. The van der Waals surface area contributed by atoms with Gasteiger partial charge in [0, 0.05) is 14.1 Å². The van der Waals surface area contributed by atoms with Crippen molar-refractivity contribution >= 4 is 34.5 Å². The topological polar surface area (TPSA) is 138 Å². The van der Waals surface area contributed by atoms with Gasteiger partial charge < -0.3 is 14.6 Å². The van der Waals surface area contributed by atoms with Crippen LogP contribution in [0.3, 0.4) is 0 Å². The lowest BCUT2D eigenvalue weighted by Gasteiger charge is -2.09. The van der Waals surface area contributed by atoms with Crippen molar-refractivity contribution in [3.63, 3.8) is 0 Å². The minimum Gasteiger partial charge on any atom is -0.406 e. The zero-order valence-corrected chi connectivity index (χ0v) is 13.4. The molecule has 0 aliphatic rings. The Labute approximate surface area is 140 Å². The van der Waals surface area contributed by atoms with Crippen LogP contribution in [0.5, 0.6) is 0 Å². The molecule has 3 aromatic rings. The van der Waals surface area contributed by atoms with Crippen molar-refractivity contribution in [3.8, 4) is 0 Å². The molecule has 11 nitrogen and oxygen atoms in total. The normalized spacial score (nSPS) is 10.6. The number of aromatic amines is 1. The van der Waals surface area contributed by atoms with E-state index in [-0.39, 0.29) is 24.0 Å². The Morgan fingerprint density at radius 2 is 2.12 bits per heavy atom. The average molecular weight is 345 g/mol. The fourth-order valence-electron chi connectivity index (χ4n) is 2.06. The Hall–Kier alpha value is -3.63. The zero-order chi connectivity index (χ0) is 18.0. The van der Waals surface area contributed by atoms with Crippen molar-refractivity contribution in [2.75, 3.05) is 24.7 Å². The molecule has 11 heteroatoms. The minimum absolute atomic E-state index is 0.129. The van der Waals surface area contributed by atoms with Crippen molar-refractivity contribution in [1.82, 2.24) is 24.9 Å². The summed E-state index contributed by atoms with van der Waals surface area (Å²) in [6.45, 7) is -0.129. The highest BCUT2D eigenvalue weighted by atomic mass is 16.4. The van der Waals surface area contributed by atoms with E-state index in [1.165, 1.54) is 15.8 Å². The number of para-hydroxylation sites is 1. The molecule has 0 saturated carbocycles. The maximum atomic E-state index is 12.1. The average Bonchev–Trinajstić information content (AvgIpc) is 3.13. The Morgan fingerprint density at radius 1 is 1.32 bits per heavy atom. The Bertz CT molecular complexity index is 984. The lowest BCUT2D eigenvalue weighted by molar-refractivity contribution is -0.116. The third-order valence-corrected chi connectivity index (χ3v) is 3.21. The molecule has 0 bridgehead atoms. The second kappa shape index (κ2) is 6.47. The second-order valence-electron chi connectivity index (χ2n) is 5.37. The molecule has 0 spiro atoms. The van der Waals surface area contributed by atoms with E-state index in [4.69, 9.17) is 4.42 Å². The highest BCUT2D eigenvalue weighted by Crippen LogP contribution is 2.20. The van der Waals surface area contributed by atoms with Crippen LogP contribution < -0.4 is 16.4 Å². The number of H-pyrrole nitrogens is 1. The van der Waals surface area contributed by atoms with Gasteiger partial charge in [-0.2, -0.15) is 0 Å². The first-order valence-corrected chi connectivity index (χ1v) is 7.22. The summed E-state index contributed by atoms with van der Waals surface area (Å²) in [5.74, 6) is -0.772. The first-order valence-electron chi connectivity index (χ1n) is 7.22. The van der Waals surface area contributed by atoms with Crippen LogP contribution in [0.1, 0.15) is 0 Å². The summed E-state index contributed by atoms with van der Waals surface area (Å²) in [5.41, 5.74) is 1.11. The molecule has 0 unspecified atom stereocenters. The molecule has 1 aromatic carbocycles. The Balaban J connectivity index is 1.67. The molecule has 0 fully saturated rings. The Kier molecular flexibility index (Phi) is 4.20. The third kappa shape index (κ3) is 3.65. The SMILES string of the molecule is CN(C)C(=O)Nc1cn(CC(=O)Nc2cccc3[nH]c(=O)oc23)nn1. The van der Waals surface area contributed by atoms with Crippen LogP contribution in [0.15, 0.2) is 33.6 Å². The van der Waals surface area contributed by atoms with Crippen molar-refractivity contribution in [2.45, 2.75) is 6.54 Å². The molecule has 2 aromatic heterocycles. The lowest BCUT2D eigenvalue weighted by Crippen LogP contribution is -2.27. The van der Waals surface area contributed by atoms with Crippen molar-refractivity contribution in [3.05, 3.63) is 34.9 Å². The predicted octanol–water partition coefficient (Wildman–Crippen LogP) is 0.445. The molecule has 0 aliphatic carbocycles. The predicted molar refractivity (Wildman–Crippen MR) is 88.2 cm³/mol. The van der Waals surface area contributed by atoms with Gasteiger partial charge in [-0.25, -0.2) is 14.3 Å². The quantitative estimate of drug-likeness (QED) is 0.627. The highest BCUT2D eigenvalue weighted by molar-refractivity contribution is 5.98. The van der Waals surface area contributed by atoms with E-state index in [1.54, 1.807) is 32.3 Å². The molecule has 25 heavy (non-hydrogen) atoms. The van der Waals surface area contributed by atoms with E-state index < -0.39 is 11.7 Å². The number of benzene rings is 1. The van der Waals surface area contributed by atoms with Crippen LogP contribution in [0.4, 0.5) is 16.3 Å². The fourth-order valence-corrected chi connectivity index (χ4v) is 2.06. The number of carbonyl (C=O) groups is 2. The van der Waals surface area contributed by atoms with Gasteiger partial charge in [-0.15, -0.1) is 5.10 Å². The van der Waals surface area contributed by atoms with E-state index in [2.05, 4.69) is 25.9 Å². The summed E-state index contributed by atoms with van der Waals surface area (Å²) in [6.07, 6.45) is 1.43. The van der Waals surface area contributed by atoms with E-state index >= 15 is 0 Å². The van der Waals surface area contributed by atoms with Gasteiger partial charge in [0.15, 0.2) is 11.4 Å². The third-order valence-electron chi connectivity index (χ3n) is 3.21. The van der Waals surface area contributed by atoms with Crippen molar-refractivity contribution in [1.29, 1.82) is 0 Å². The number of anilines is 2. The lowest BCUT2D eigenvalue weighted by atomic mass is 10.3. The van der Waals surface area contributed by atoms with E-state index in [0.29, 0.717) is 11.2 Å². The molecule has 130 valence electrons. The number of fused-ring (bicyclic) bond motifs is 1. The summed E-state index contributed by atoms with van der Waals surface area (Å²) in [6, 6.07) is 4.59. The first-order chi connectivity index (χ1) is 11.9. The van der Waals surface area contributed by atoms with Crippen LogP contribution in [-0.2, 0) is 11.3 Å². The van der Waals surface area contributed by atoms with Gasteiger partial charge in [0.2, 0.25) is 5.91 Å². The number of rotatable bonds is 4. The molecule has 2 heterocycles. The van der Waals surface area contributed by atoms with Gasteiger partial charge in [-0.1, -0.05) is 11.3 Å². The van der Waals surface area contributed by atoms with Gasteiger partial charge in [0.05, 0.1) is 17.4 Å². The summed E-state index contributed by atoms with van der Waals surface area (Å²) >= 11 is 0. The van der Waals surface area contributed by atoms with Gasteiger partial charge in [0.1, 0.15) is 6.54 Å². The Morgan fingerprint density at radius 3 is 2.88 bits per heavy atom. The number of nitrogens with one attached hydrogen (secondary N) is 3. The fraction of sp³-hybridized carbons (Fsp3) is 0.214. The number of amides is 3. The molecule has 0 radical (unpaired) electrons. The maximum Gasteiger partial charge on any atom is 0.417 e. The van der Waals surface area contributed by atoms with Crippen molar-refractivity contribution < 1.29 is 14.0 Å². The van der Waals surface area contributed by atoms with E-state index in [9.17, 15) is 14.4 Å². The molecule has 3 N–H and O–H groups in total. The summed E-state index contributed by atoms with van der Waals surface area (Å²) in [5, 5.41) is 12.7. The number of urea groups is 1. The summed E-state index contributed by atoms with van der Waals surface area (Å²) in [4.78, 5) is 38.8. The number of hydrogen-bond donors (Lipinski definition) is 3. The van der Waals surface area contributed by atoms with Crippen LogP contribution in [0.2, 0.25) is 0 Å². The summed E-state index contributed by atoms with van der Waals surface area (Å²) in [7, 11) is 3.18. The smallest absolute Gasteiger partial charge is 0.406 e. The standard InChI is InChI=1S/C14H15N7O4/c1-20(2)13(23)17-10-6-21(19-18-10)7-11(22)15-8-4-3-5-9-12(8)25-14(24)16-9/h3-6H,7H2,1-2H3,(H,15,22)(H,16,24)(H,17,23). The van der Waals surface area contributed by atoms with Crippen LogP contribution in [0.25, 0.3) is 11.1 Å². The number of nitrogens with zero attached hydrogens (tertiary/aromatic N) is 4.